The molecule has 2 nitrogen and oxygen atoms in total. The zero-order chi connectivity index (χ0) is 15.0. The van der Waals surface area contributed by atoms with Crippen molar-refractivity contribution in [1.82, 2.24) is 9.55 Å². The number of alkyl halides is 1. The summed E-state index contributed by atoms with van der Waals surface area (Å²) < 4.78 is 29.7. The average Bonchev–Trinajstić information content (AvgIpc) is 2.77. The topological polar surface area (TPSA) is 17.8 Å². The van der Waals surface area contributed by atoms with Gasteiger partial charge in [-0.2, -0.15) is 0 Å². The van der Waals surface area contributed by atoms with Crippen molar-refractivity contribution in [3.8, 4) is 5.69 Å². The molecule has 3 rings (SSSR count). The van der Waals surface area contributed by atoms with Crippen LogP contribution in [0.15, 0.2) is 36.4 Å². The van der Waals surface area contributed by atoms with Crippen molar-refractivity contribution in [3.63, 3.8) is 0 Å². The Balaban J connectivity index is 2.38. The molecule has 0 amide bonds. The number of hydrogen-bond donors (Lipinski definition) is 0. The highest BCUT2D eigenvalue weighted by atomic mass is 35.5. The summed E-state index contributed by atoms with van der Waals surface area (Å²) in [5, 5.41) is 0.470. The van der Waals surface area contributed by atoms with Gasteiger partial charge in [0.1, 0.15) is 23.1 Å². The Morgan fingerprint density at radius 3 is 2.48 bits per heavy atom. The molecule has 0 aliphatic heterocycles. The second-order valence-corrected chi connectivity index (χ2v) is 5.32. The van der Waals surface area contributed by atoms with E-state index in [0.717, 1.165) is 0 Å². The smallest absolute Gasteiger partial charge is 0.150 e. The van der Waals surface area contributed by atoms with Crippen LogP contribution in [-0.2, 0) is 6.42 Å². The number of para-hydroxylation sites is 1. The van der Waals surface area contributed by atoms with E-state index in [1.54, 1.807) is 18.2 Å². The van der Waals surface area contributed by atoms with Gasteiger partial charge in [0, 0.05) is 17.3 Å². The van der Waals surface area contributed by atoms with Crippen molar-refractivity contribution in [2.75, 3.05) is 5.88 Å². The van der Waals surface area contributed by atoms with Gasteiger partial charge in [-0.1, -0.05) is 17.7 Å². The summed E-state index contributed by atoms with van der Waals surface area (Å²) in [4.78, 5) is 4.39. The summed E-state index contributed by atoms with van der Waals surface area (Å²) in [5.74, 6) is -0.533. The number of aryl methyl sites for hydroxylation is 1. The third kappa shape index (κ3) is 2.49. The van der Waals surface area contributed by atoms with E-state index in [4.69, 9.17) is 23.2 Å². The number of fused-ring (bicyclic) bond motifs is 1. The van der Waals surface area contributed by atoms with Gasteiger partial charge in [-0.3, -0.25) is 4.57 Å². The maximum atomic E-state index is 14.1. The first-order valence-corrected chi connectivity index (χ1v) is 7.20. The van der Waals surface area contributed by atoms with Gasteiger partial charge < -0.3 is 0 Å². The van der Waals surface area contributed by atoms with Crippen LogP contribution in [0.3, 0.4) is 0 Å². The van der Waals surface area contributed by atoms with E-state index in [1.807, 2.05) is 0 Å². The molecule has 0 saturated heterocycles. The minimum atomic E-state index is -0.662. The molecule has 108 valence electrons. The largest absolute Gasteiger partial charge is 0.291 e. The highest BCUT2D eigenvalue weighted by Gasteiger charge is 2.18. The van der Waals surface area contributed by atoms with E-state index >= 15 is 0 Å². The highest BCUT2D eigenvalue weighted by Crippen LogP contribution is 2.28. The normalized spacial score (nSPS) is 11.2. The number of halogens is 4. The third-order valence-electron chi connectivity index (χ3n) is 3.17. The lowest BCUT2D eigenvalue weighted by molar-refractivity contribution is 0.568. The molecule has 0 aliphatic carbocycles. The second-order valence-electron chi connectivity index (χ2n) is 4.51. The van der Waals surface area contributed by atoms with Crippen molar-refractivity contribution in [2.45, 2.75) is 6.42 Å². The van der Waals surface area contributed by atoms with Crippen molar-refractivity contribution in [2.24, 2.45) is 0 Å². The number of hydrogen-bond acceptors (Lipinski definition) is 1. The van der Waals surface area contributed by atoms with Gasteiger partial charge in [0.15, 0.2) is 0 Å². The Morgan fingerprint density at radius 1 is 1.10 bits per heavy atom. The van der Waals surface area contributed by atoms with E-state index in [9.17, 15) is 8.78 Å². The molecule has 0 unspecified atom stereocenters. The first-order valence-electron chi connectivity index (χ1n) is 6.29. The standard InChI is InChI=1S/C15H10Cl2F2N2/c16-7-6-14-20-12-5-4-9(17)8-13(12)21(14)15-10(18)2-1-3-11(15)19/h1-5,8H,6-7H2. The Bertz CT molecular complexity index is 795. The van der Waals surface area contributed by atoms with Crippen LogP contribution in [0.2, 0.25) is 5.02 Å². The summed E-state index contributed by atoms with van der Waals surface area (Å²) >= 11 is 11.8. The predicted molar refractivity (Wildman–Crippen MR) is 80.4 cm³/mol. The van der Waals surface area contributed by atoms with Crippen molar-refractivity contribution >= 4 is 34.2 Å². The molecule has 3 aromatic rings. The van der Waals surface area contributed by atoms with Crippen LogP contribution in [0.1, 0.15) is 5.82 Å². The van der Waals surface area contributed by atoms with Gasteiger partial charge >= 0.3 is 0 Å². The molecule has 0 atom stereocenters. The van der Waals surface area contributed by atoms with Crippen molar-refractivity contribution in [3.05, 3.63) is 58.9 Å². The van der Waals surface area contributed by atoms with Crippen LogP contribution in [0, 0.1) is 11.6 Å². The molecule has 1 heterocycles. The van der Waals surface area contributed by atoms with Gasteiger partial charge in [-0.05, 0) is 30.3 Å². The van der Waals surface area contributed by atoms with Crippen LogP contribution >= 0.6 is 23.2 Å². The SMILES string of the molecule is Fc1cccc(F)c1-n1c(CCCl)nc2ccc(Cl)cc21. The molecule has 0 bridgehead atoms. The Hall–Kier alpha value is -1.65. The molecule has 0 radical (unpaired) electrons. The quantitative estimate of drug-likeness (QED) is 0.636. The van der Waals surface area contributed by atoms with E-state index < -0.39 is 11.6 Å². The van der Waals surface area contributed by atoms with E-state index in [1.165, 1.54) is 22.8 Å². The van der Waals surface area contributed by atoms with Gasteiger partial charge in [-0.25, -0.2) is 13.8 Å². The van der Waals surface area contributed by atoms with Crippen molar-refractivity contribution in [1.29, 1.82) is 0 Å². The Labute approximate surface area is 129 Å². The zero-order valence-corrected chi connectivity index (χ0v) is 12.3. The lowest BCUT2D eigenvalue weighted by Gasteiger charge is -2.11. The van der Waals surface area contributed by atoms with Gasteiger partial charge in [0.25, 0.3) is 0 Å². The Kier molecular flexibility index (Phi) is 3.83. The number of rotatable bonds is 3. The molecule has 0 aliphatic rings. The van der Waals surface area contributed by atoms with E-state index in [-0.39, 0.29) is 5.69 Å². The second kappa shape index (κ2) is 5.62. The molecule has 6 heteroatoms. The van der Waals surface area contributed by atoms with Gasteiger partial charge in [0.2, 0.25) is 0 Å². The number of aromatic nitrogens is 2. The molecule has 1 aromatic heterocycles. The zero-order valence-electron chi connectivity index (χ0n) is 10.8. The third-order valence-corrected chi connectivity index (χ3v) is 3.59. The van der Waals surface area contributed by atoms with Gasteiger partial charge in [0.05, 0.1) is 11.0 Å². The fraction of sp³-hybridized carbons (Fsp3) is 0.133. The molecule has 2 aromatic carbocycles. The van der Waals surface area contributed by atoms with Crippen LogP contribution in [-0.4, -0.2) is 15.4 Å². The summed E-state index contributed by atoms with van der Waals surface area (Å²) in [7, 11) is 0. The number of imidazole rings is 1. The summed E-state index contributed by atoms with van der Waals surface area (Å²) in [5.41, 5.74) is 0.996. The predicted octanol–water partition coefficient (Wildman–Crippen LogP) is 4.74. The average molecular weight is 327 g/mol. The van der Waals surface area contributed by atoms with E-state index in [2.05, 4.69) is 4.98 Å². The molecular weight excluding hydrogens is 317 g/mol. The molecule has 0 N–H and O–H groups in total. The van der Waals surface area contributed by atoms with Crippen LogP contribution in [0.25, 0.3) is 16.7 Å². The first kappa shape index (κ1) is 14.3. The molecule has 21 heavy (non-hydrogen) atoms. The summed E-state index contributed by atoms with van der Waals surface area (Å²) in [6, 6.07) is 8.77. The van der Waals surface area contributed by atoms with Gasteiger partial charge in [-0.15, -0.1) is 11.6 Å². The monoisotopic (exact) mass is 326 g/mol. The van der Waals surface area contributed by atoms with Crippen LogP contribution < -0.4 is 0 Å². The van der Waals surface area contributed by atoms with Crippen LogP contribution in [0.5, 0.6) is 0 Å². The van der Waals surface area contributed by atoms with Crippen LogP contribution in [0.4, 0.5) is 8.78 Å². The number of benzene rings is 2. The lowest BCUT2D eigenvalue weighted by atomic mass is 10.2. The maximum absolute atomic E-state index is 14.1. The minimum absolute atomic E-state index is 0.164. The molecule has 0 fully saturated rings. The molecule has 0 saturated carbocycles. The molecule has 0 spiro atoms. The lowest BCUT2D eigenvalue weighted by Crippen LogP contribution is -2.06. The summed E-state index contributed by atoms with van der Waals surface area (Å²) in [6.07, 6.45) is 0.391. The highest BCUT2D eigenvalue weighted by molar-refractivity contribution is 6.31. The summed E-state index contributed by atoms with van der Waals surface area (Å²) in [6.45, 7) is 0. The van der Waals surface area contributed by atoms with Crippen molar-refractivity contribution < 1.29 is 8.78 Å². The minimum Gasteiger partial charge on any atom is -0.291 e. The fourth-order valence-electron chi connectivity index (χ4n) is 2.30. The number of nitrogens with zero attached hydrogens (tertiary/aromatic N) is 2. The Morgan fingerprint density at radius 2 is 1.81 bits per heavy atom. The maximum Gasteiger partial charge on any atom is 0.150 e. The first-order chi connectivity index (χ1) is 10.1. The van der Waals surface area contributed by atoms with E-state index in [0.29, 0.717) is 34.2 Å². The molecular formula is C15H10Cl2F2N2. The fourth-order valence-corrected chi connectivity index (χ4v) is 2.64.